The van der Waals surface area contributed by atoms with Crippen LogP contribution in [-0.4, -0.2) is 61.3 Å². The predicted molar refractivity (Wildman–Crippen MR) is 111 cm³/mol. The normalized spacial score (nSPS) is 16.8. The van der Waals surface area contributed by atoms with Gasteiger partial charge in [0.2, 0.25) is 5.89 Å². The zero-order valence-corrected chi connectivity index (χ0v) is 17.1. The quantitative estimate of drug-likeness (QED) is 0.563. The molecule has 2 heterocycles. The summed E-state index contributed by atoms with van der Waals surface area (Å²) < 4.78 is 11.0. The van der Waals surface area contributed by atoms with E-state index in [1.54, 1.807) is 6.26 Å². The van der Waals surface area contributed by atoms with Crippen molar-refractivity contribution >= 4 is 5.96 Å². The molecule has 1 aromatic heterocycles. The summed E-state index contributed by atoms with van der Waals surface area (Å²) in [5, 5.41) is 6.72. The molecule has 7 heteroatoms. The fourth-order valence-corrected chi connectivity index (χ4v) is 3.10. The number of aryl methyl sites for hydroxylation is 1. The highest BCUT2D eigenvalue weighted by Gasteiger charge is 2.17. The highest BCUT2D eigenvalue weighted by atomic mass is 16.5. The molecule has 0 saturated carbocycles. The molecule has 1 atom stereocenters. The fourth-order valence-electron chi connectivity index (χ4n) is 3.10. The molecule has 2 N–H and O–H groups in total. The maximum atomic E-state index is 5.62. The number of morpholine rings is 1. The highest BCUT2D eigenvalue weighted by molar-refractivity contribution is 5.79. The molecular weight excluding hydrogens is 354 g/mol. The van der Waals surface area contributed by atoms with Crippen LogP contribution in [0.4, 0.5) is 0 Å². The maximum Gasteiger partial charge on any atom is 0.226 e. The Bertz CT molecular complexity index is 750. The van der Waals surface area contributed by atoms with Crippen molar-refractivity contribution in [3.8, 4) is 11.5 Å². The number of oxazole rings is 1. The van der Waals surface area contributed by atoms with Gasteiger partial charge in [0.25, 0.3) is 0 Å². The molecule has 3 rings (SSSR count). The van der Waals surface area contributed by atoms with Crippen molar-refractivity contribution in [1.29, 1.82) is 0 Å². The third-order valence-electron chi connectivity index (χ3n) is 4.83. The number of aromatic nitrogens is 1. The Balaban J connectivity index is 1.55. The number of nitrogens with zero attached hydrogens (tertiary/aromatic N) is 3. The number of guanidine groups is 1. The van der Waals surface area contributed by atoms with E-state index in [0.717, 1.165) is 56.6 Å². The first-order chi connectivity index (χ1) is 13.7. The topological polar surface area (TPSA) is 74.9 Å². The Kier molecular flexibility index (Phi) is 7.45. The fraction of sp³-hybridized carbons (Fsp3) is 0.524. The maximum absolute atomic E-state index is 5.62. The second-order valence-corrected chi connectivity index (χ2v) is 7.08. The molecule has 0 radical (unpaired) electrons. The van der Waals surface area contributed by atoms with E-state index in [4.69, 9.17) is 9.15 Å². The Morgan fingerprint density at radius 2 is 1.96 bits per heavy atom. The summed E-state index contributed by atoms with van der Waals surface area (Å²) in [6, 6.07) is 8.58. The number of ether oxygens (including phenoxy) is 1. The minimum atomic E-state index is 0.424. The van der Waals surface area contributed by atoms with Crippen LogP contribution in [-0.2, 0) is 11.3 Å². The lowest BCUT2D eigenvalue weighted by Crippen LogP contribution is -2.49. The van der Waals surface area contributed by atoms with E-state index >= 15 is 0 Å². The van der Waals surface area contributed by atoms with Crippen molar-refractivity contribution in [2.24, 2.45) is 4.99 Å². The monoisotopic (exact) mass is 385 g/mol. The molecule has 152 valence electrons. The summed E-state index contributed by atoms with van der Waals surface area (Å²) in [7, 11) is 0. The lowest BCUT2D eigenvalue weighted by molar-refractivity contribution is 0.0211. The first-order valence-electron chi connectivity index (χ1n) is 10.0. The number of nitrogens with one attached hydrogen (secondary N) is 2. The van der Waals surface area contributed by atoms with Gasteiger partial charge in [-0.2, -0.15) is 0 Å². The molecule has 1 saturated heterocycles. The van der Waals surface area contributed by atoms with Gasteiger partial charge in [0.15, 0.2) is 5.96 Å². The van der Waals surface area contributed by atoms with Crippen molar-refractivity contribution in [3.05, 3.63) is 41.8 Å². The molecule has 0 aliphatic carbocycles. The third-order valence-corrected chi connectivity index (χ3v) is 4.83. The van der Waals surface area contributed by atoms with Crippen molar-refractivity contribution in [2.75, 3.05) is 39.4 Å². The molecule has 2 aromatic rings. The summed E-state index contributed by atoms with van der Waals surface area (Å²) in [5.74, 6) is 1.42. The number of aliphatic imine (C=N–C) groups is 1. The van der Waals surface area contributed by atoms with E-state index in [0.29, 0.717) is 18.5 Å². The Hall–Kier alpha value is -2.38. The van der Waals surface area contributed by atoms with E-state index < -0.39 is 0 Å². The second-order valence-electron chi connectivity index (χ2n) is 7.08. The number of rotatable bonds is 7. The lowest BCUT2D eigenvalue weighted by Gasteiger charge is -2.32. The SMILES string of the molecule is CCNC(=NCc1coc(-c2ccc(C)cc2)n1)NCC(C)N1CCOCC1. The van der Waals surface area contributed by atoms with Crippen LogP contribution >= 0.6 is 0 Å². The van der Waals surface area contributed by atoms with Gasteiger partial charge in [0, 0.05) is 37.8 Å². The van der Waals surface area contributed by atoms with Crippen LogP contribution in [0.25, 0.3) is 11.5 Å². The van der Waals surface area contributed by atoms with Crippen molar-refractivity contribution in [2.45, 2.75) is 33.4 Å². The van der Waals surface area contributed by atoms with E-state index in [2.05, 4.69) is 58.4 Å². The summed E-state index contributed by atoms with van der Waals surface area (Å²) in [6.07, 6.45) is 1.68. The van der Waals surface area contributed by atoms with E-state index in [9.17, 15) is 0 Å². The van der Waals surface area contributed by atoms with Crippen LogP contribution in [0.5, 0.6) is 0 Å². The third kappa shape index (κ3) is 5.81. The predicted octanol–water partition coefficient (Wildman–Crippen LogP) is 2.43. The molecular formula is C21H31N5O2. The summed E-state index contributed by atoms with van der Waals surface area (Å²) >= 11 is 0. The zero-order valence-electron chi connectivity index (χ0n) is 17.1. The Morgan fingerprint density at radius 1 is 1.21 bits per heavy atom. The van der Waals surface area contributed by atoms with Crippen molar-refractivity contribution < 1.29 is 9.15 Å². The molecule has 1 unspecified atom stereocenters. The van der Waals surface area contributed by atoms with E-state index in [-0.39, 0.29) is 0 Å². The van der Waals surface area contributed by atoms with Gasteiger partial charge >= 0.3 is 0 Å². The number of hydrogen-bond acceptors (Lipinski definition) is 5. The Morgan fingerprint density at radius 3 is 2.68 bits per heavy atom. The van der Waals surface area contributed by atoms with Crippen LogP contribution in [0, 0.1) is 6.92 Å². The van der Waals surface area contributed by atoms with Crippen LogP contribution in [0.15, 0.2) is 39.9 Å². The molecule has 28 heavy (non-hydrogen) atoms. The first kappa shape index (κ1) is 20.4. The standard InChI is InChI=1S/C21H31N5O2/c1-4-22-21(23-13-17(3)26-9-11-27-12-10-26)24-14-19-15-28-20(25-19)18-7-5-16(2)6-8-18/h5-8,15,17H,4,9-14H2,1-3H3,(H2,22,23,24). The zero-order chi connectivity index (χ0) is 19.8. The van der Waals surface area contributed by atoms with Gasteiger partial charge in [-0.3, -0.25) is 4.90 Å². The van der Waals surface area contributed by atoms with Gasteiger partial charge in [-0.25, -0.2) is 9.98 Å². The van der Waals surface area contributed by atoms with Crippen LogP contribution in [0.2, 0.25) is 0 Å². The average molecular weight is 386 g/mol. The molecule has 1 aliphatic heterocycles. The van der Waals surface area contributed by atoms with Gasteiger partial charge in [0.05, 0.1) is 19.8 Å². The molecule has 0 spiro atoms. The molecule has 1 aliphatic rings. The minimum absolute atomic E-state index is 0.424. The smallest absolute Gasteiger partial charge is 0.226 e. The molecule has 1 aromatic carbocycles. The molecule has 7 nitrogen and oxygen atoms in total. The number of benzene rings is 1. The van der Waals surface area contributed by atoms with Crippen LogP contribution in [0.3, 0.4) is 0 Å². The summed E-state index contributed by atoms with van der Waals surface area (Å²) in [4.78, 5) is 11.6. The molecule has 0 amide bonds. The largest absolute Gasteiger partial charge is 0.444 e. The van der Waals surface area contributed by atoms with Crippen LogP contribution < -0.4 is 10.6 Å². The summed E-state index contributed by atoms with van der Waals surface area (Å²) in [5.41, 5.74) is 3.01. The van der Waals surface area contributed by atoms with E-state index in [1.807, 2.05) is 12.1 Å². The van der Waals surface area contributed by atoms with Crippen molar-refractivity contribution in [1.82, 2.24) is 20.5 Å². The highest BCUT2D eigenvalue weighted by Crippen LogP contribution is 2.19. The summed E-state index contributed by atoms with van der Waals surface area (Å²) in [6.45, 7) is 12.1. The number of hydrogen-bond donors (Lipinski definition) is 2. The first-order valence-corrected chi connectivity index (χ1v) is 10.0. The van der Waals surface area contributed by atoms with Gasteiger partial charge in [-0.05, 0) is 32.9 Å². The van der Waals surface area contributed by atoms with E-state index in [1.165, 1.54) is 5.56 Å². The van der Waals surface area contributed by atoms with Crippen molar-refractivity contribution in [3.63, 3.8) is 0 Å². The second kappa shape index (κ2) is 10.2. The lowest BCUT2D eigenvalue weighted by atomic mass is 10.1. The van der Waals surface area contributed by atoms with Gasteiger partial charge in [-0.1, -0.05) is 17.7 Å². The van der Waals surface area contributed by atoms with Gasteiger partial charge in [-0.15, -0.1) is 0 Å². The average Bonchev–Trinajstić information content (AvgIpc) is 3.20. The van der Waals surface area contributed by atoms with Crippen LogP contribution in [0.1, 0.15) is 25.1 Å². The molecule has 0 bridgehead atoms. The molecule has 1 fully saturated rings. The Labute approximate surface area is 167 Å². The van der Waals surface area contributed by atoms with Gasteiger partial charge < -0.3 is 19.8 Å². The van der Waals surface area contributed by atoms with Gasteiger partial charge in [0.1, 0.15) is 12.0 Å². The minimum Gasteiger partial charge on any atom is -0.444 e.